The van der Waals surface area contributed by atoms with Crippen molar-refractivity contribution in [1.29, 1.82) is 0 Å². The number of nitro benzene ring substituents is 1. The van der Waals surface area contributed by atoms with E-state index in [-0.39, 0.29) is 33.4 Å². The van der Waals surface area contributed by atoms with E-state index in [1.807, 2.05) is 38.1 Å². The number of benzene rings is 3. The molecule has 0 bridgehead atoms. The fourth-order valence-corrected chi connectivity index (χ4v) is 6.31. The summed E-state index contributed by atoms with van der Waals surface area (Å²) in [6.45, 7) is 3.76. The smallest absolute Gasteiger partial charge is 0.269 e. The van der Waals surface area contributed by atoms with Crippen LogP contribution in [-0.4, -0.2) is 13.3 Å². The monoisotopic (exact) mass is 475 g/mol. The molecule has 2 N–H and O–H groups in total. The Morgan fingerprint density at radius 3 is 2.50 bits per heavy atom. The molecule has 3 aromatic carbocycles. The second-order valence-corrected chi connectivity index (χ2v) is 10.6. The van der Waals surface area contributed by atoms with Crippen molar-refractivity contribution in [3.8, 4) is 0 Å². The van der Waals surface area contributed by atoms with Crippen LogP contribution in [0.2, 0.25) is 0 Å². The summed E-state index contributed by atoms with van der Waals surface area (Å²) < 4.78 is 29.3. The zero-order chi connectivity index (χ0) is 24.0. The lowest BCUT2D eigenvalue weighted by Crippen LogP contribution is -2.29. The third-order valence-electron chi connectivity index (χ3n) is 6.80. The number of nitro groups is 1. The summed E-state index contributed by atoms with van der Waals surface area (Å²) >= 11 is 0. The quantitative estimate of drug-likeness (QED) is 0.274. The lowest BCUT2D eigenvalue weighted by Gasteiger charge is -2.37. The molecule has 7 nitrogen and oxygen atoms in total. The summed E-state index contributed by atoms with van der Waals surface area (Å²) in [5.41, 5.74) is 5.00. The number of allylic oxidation sites excluding steroid dienone is 2. The molecule has 0 spiro atoms. The van der Waals surface area contributed by atoms with Crippen LogP contribution >= 0.6 is 0 Å². The fraction of sp³-hybridized carbons (Fsp3) is 0.231. The third-order valence-corrected chi connectivity index (χ3v) is 8.15. The molecule has 3 atom stereocenters. The Morgan fingerprint density at radius 2 is 1.76 bits per heavy atom. The summed E-state index contributed by atoms with van der Waals surface area (Å²) in [4.78, 5) is 11.1. The lowest BCUT2D eigenvalue weighted by atomic mass is 9.77. The van der Waals surface area contributed by atoms with Gasteiger partial charge in [-0.3, -0.25) is 14.8 Å². The SMILES string of the molecule is Cc1cccc(C)c1NS(=O)(=O)c1ccc2c(c1)C1C=CCC1C(c1cccc([N+](=O)[O-])c1)N2. The molecule has 3 aromatic rings. The molecular weight excluding hydrogens is 450 g/mol. The molecule has 0 fully saturated rings. The van der Waals surface area contributed by atoms with E-state index in [0.717, 1.165) is 34.4 Å². The van der Waals surface area contributed by atoms with E-state index in [2.05, 4.69) is 22.2 Å². The molecule has 0 saturated carbocycles. The van der Waals surface area contributed by atoms with E-state index in [0.29, 0.717) is 5.69 Å². The molecule has 2 aliphatic rings. The summed E-state index contributed by atoms with van der Waals surface area (Å²) in [5, 5.41) is 14.8. The van der Waals surface area contributed by atoms with Crippen molar-refractivity contribution < 1.29 is 13.3 Å². The first-order valence-corrected chi connectivity index (χ1v) is 12.6. The highest BCUT2D eigenvalue weighted by molar-refractivity contribution is 7.92. The van der Waals surface area contributed by atoms with Gasteiger partial charge >= 0.3 is 0 Å². The summed E-state index contributed by atoms with van der Waals surface area (Å²) in [7, 11) is -3.78. The molecule has 174 valence electrons. The minimum absolute atomic E-state index is 0.0239. The number of sulfonamides is 1. The van der Waals surface area contributed by atoms with Gasteiger partial charge in [0.1, 0.15) is 0 Å². The molecule has 0 saturated heterocycles. The van der Waals surface area contributed by atoms with Crippen LogP contribution in [0.5, 0.6) is 0 Å². The standard InChI is InChI=1S/C26H25N3O4S/c1-16-6-3-7-17(2)25(16)28-34(32,33)20-12-13-24-23(15-20)21-10-5-11-22(21)26(27-24)18-8-4-9-19(14-18)29(30)31/h3-10,12-15,21-22,26-28H,11H2,1-2H3. The van der Waals surface area contributed by atoms with Crippen LogP contribution in [0.1, 0.15) is 40.6 Å². The van der Waals surface area contributed by atoms with Crippen molar-refractivity contribution in [2.45, 2.75) is 37.1 Å². The first-order valence-electron chi connectivity index (χ1n) is 11.1. The zero-order valence-electron chi connectivity index (χ0n) is 18.9. The average molecular weight is 476 g/mol. The Balaban J connectivity index is 1.50. The Labute approximate surface area is 198 Å². The van der Waals surface area contributed by atoms with Crippen LogP contribution < -0.4 is 10.0 Å². The van der Waals surface area contributed by atoms with E-state index < -0.39 is 10.0 Å². The Kier molecular flexibility index (Phi) is 5.40. The molecular formula is C26H25N3O4S. The number of nitrogens with zero attached hydrogens (tertiary/aromatic N) is 1. The van der Waals surface area contributed by atoms with Crippen molar-refractivity contribution in [3.63, 3.8) is 0 Å². The van der Waals surface area contributed by atoms with Gasteiger partial charge in [0.15, 0.2) is 0 Å². The maximum atomic E-state index is 13.3. The van der Waals surface area contributed by atoms with E-state index in [1.54, 1.807) is 30.3 Å². The first-order chi connectivity index (χ1) is 16.2. The normalized spacial score (nSPS) is 20.8. The largest absolute Gasteiger partial charge is 0.378 e. The molecule has 8 heteroatoms. The van der Waals surface area contributed by atoms with Crippen molar-refractivity contribution in [1.82, 2.24) is 0 Å². The van der Waals surface area contributed by atoms with Crippen LogP contribution in [0.3, 0.4) is 0 Å². The maximum Gasteiger partial charge on any atom is 0.269 e. The molecule has 1 heterocycles. The molecule has 5 rings (SSSR count). The molecule has 34 heavy (non-hydrogen) atoms. The molecule has 0 amide bonds. The molecule has 0 radical (unpaired) electrons. The molecule has 3 unspecified atom stereocenters. The number of anilines is 2. The van der Waals surface area contributed by atoms with Gasteiger partial charge < -0.3 is 5.32 Å². The summed E-state index contributed by atoms with van der Waals surface area (Å²) in [6.07, 6.45) is 5.03. The Hall–Kier alpha value is -3.65. The van der Waals surface area contributed by atoms with E-state index >= 15 is 0 Å². The molecule has 1 aliphatic carbocycles. The predicted molar refractivity (Wildman–Crippen MR) is 133 cm³/mol. The van der Waals surface area contributed by atoms with Gasteiger partial charge in [-0.2, -0.15) is 0 Å². The number of hydrogen-bond donors (Lipinski definition) is 2. The average Bonchev–Trinajstić information content (AvgIpc) is 3.31. The van der Waals surface area contributed by atoms with E-state index in [4.69, 9.17) is 0 Å². The lowest BCUT2D eigenvalue weighted by molar-refractivity contribution is -0.384. The first kappa shape index (κ1) is 22.2. The predicted octanol–water partition coefficient (Wildman–Crippen LogP) is 5.84. The van der Waals surface area contributed by atoms with Crippen LogP contribution in [0.4, 0.5) is 17.1 Å². The second kappa shape index (κ2) is 8.29. The number of rotatable bonds is 5. The van der Waals surface area contributed by atoms with Gasteiger partial charge in [0, 0.05) is 23.7 Å². The second-order valence-electron chi connectivity index (χ2n) is 8.95. The van der Waals surface area contributed by atoms with Gasteiger partial charge in [-0.15, -0.1) is 0 Å². The minimum Gasteiger partial charge on any atom is -0.378 e. The van der Waals surface area contributed by atoms with Crippen LogP contribution in [-0.2, 0) is 10.0 Å². The number of hydrogen-bond acceptors (Lipinski definition) is 5. The fourth-order valence-electron chi connectivity index (χ4n) is 5.07. The van der Waals surface area contributed by atoms with Gasteiger partial charge in [-0.25, -0.2) is 8.42 Å². The number of fused-ring (bicyclic) bond motifs is 3. The third kappa shape index (κ3) is 3.84. The Bertz CT molecular complexity index is 1410. The van der Waals surface area contributed by atoms with Crippen LogP contribution in [0.25, 0.3) is 0 Å². The number of para-hydroxylation sites is 1. The highest BCUT2D eigenvalue weighted by Crippen LogP contribution is 2.50. The minimum atomic E-state index is -3.78. The zero-order valence-corrected chi connectivity index (χ0v) is 19.7. The van der Waals surface area contributed by atoms with Gasteiger partial charge in [-0.05, 0) is 66.6 Å². The van der Waals surface area contributed by atoms with Gasteiger partial charge in [0.2, 0.25) is 0 Å². The highest BCUT2D eigenvalue weighted by atomic mass is 32.2. The van der Waals surface area contributed by atoms with Gasteiger partial charge in [0.25, 0.3) is 15.7 Å². The Morgan fingerprint density at radius 1 is 1.03 bits per heavy atom. The number of aryl methyl sites for hydroxylation is 2. The highest BCUT2D eigenvalue weighted by Gasteiger charge is 2.38. The number of nitrogens with one attached hydrogen (secondary N) is 2. The summed E-state index contributed by atoms with van der Waals surface area (Å²) in [6, 6.07) is 17.4. The van der Waals surface area contributed by atoms with Crippen molar-refractivity contribution in [3.05, 3.63) is 105 Å². The van der Waals surface area contributed by atoms with Gasteiger partial charge in [-0.1, -0.05) is 42.5 Å². The van der Waals surface area contributed by atoms with E-state index in [1.165, 1.54) is 6.07 Å². The van der Waals surface area contributed by atoms with Crippen molar-refractivity contribution in [2.75, 3.05) is 10.0 Å². The molecule has 1 aliphatic heterocycles. The van der Waals surface area contributed by atoms with Gasteiger partial charge in [0.05, 0.1) is 21.5 Å². The summed E-state index contributed by atoms with van der Waals surface area (Å²) in [5.74, 6) is 0.162. The topological polar surface area (TPSA) is 101 Å². The van der Waals surface area contributed by atoms with Crippen molar-refractivity contribution >= 4 is 27.1 Å². The van der Waals surface area contributed by atoms with E-state index in [9.17, 15) is 18.5 Å². The molecule has 0 aromatic heterocycles. The van der Waals surface area contributed by atoms with Crippen LogP contribution in [0.15, 0.2) is 77.7 Å². The van der Waals surface area contributed by atoms with Crippen LogP contribution in [0, 0.1) is 29.9 Å². The van der Waals surface area contributed by atoms with Crippen molar-refractivity contribution in [2.24, 2.45) is 5.92 Å². The maximum absolute atomic E-state index is 13.3. The number of non-ortho nitro benzene ring substituents is 1.